The third-order valence-electron chi connectivity index (χ3n) is 2.57. The third-order valence-corrected chi connectivity index (χ3v) is 3.73. The minimum absolute atomic E-state index is 0.0921. The monoisotopic (exact) mass is 278 g/mol. The van der Waals surface area contributed by atoms with Crippen LogP contribution in [0.5, 0.6) is 0 Å². The number of carbonyl (C=O) groups is 2. The summed E-state index contributed by atoms with van der Waals surface area (Å²) in [5.74, 6) is -0.770. The van der Waals surface area contributed by atoms with E-state index < -0.39 is 5.91 Å². The SMILES string of the molecule is CC(CC(N)=O)NC(=O)c1sc2cccnc2c1N. The second-order valence-electron chi connectivity index (χ2n) is 4.24. The number of rotatable bonds is 4. The second kappa shape index (κ2) is 5.23. The number of aromatic nitrogens is 1. The van der Waals surface area contributed by atoms with Gasteiger partial charge in [-0.2, -0.15) is 0 Å². The van der Waals surface area contributed by atoms with E-state index in [1.807, 2.05) is 6.07 Å². The molecule has 2 aromatic heterocycles. The van der Waals surface area contributed by atoms with Gasteiger partial charge in [0.25, 0.3) is 5.91 Å². The van der Waals surface area contributed by atoms with Crippen molar-refractivity contribution in [1.82, 2.24) is 10.3 Å². The number of anilines is 1. The molecule has 0 bridgehead atoms. The summed E-state index contributed by atoms with van der Waals surface area (Å²) in [5.41, 5.74) is 12.0. The number of hydrogen-bond acceptors (Lipinski definition) is 5. The summed E-state index contributed by atoms with van der Waals surface area (Å²) in [6.07, 6.45) is 1.72. The van der Waals surface area contributed by atoms with E-state index in [1.165, 1.54) is 11.3 Å². The molecule has 19 heavy (non-hydrogen) atoms. The van der Waals surface area contributed by atoms with Gasteiger partial charge in [0.15, 0.2) is 0 Å². The van der Waals surface area contributed by atoms with Gasteiger partial charge in [0.2, 0.25) is 5.91 Å². The number of carbonyl (C=O) groups excluding carboxylic acids is 2. The van der Waals surface area contributed by atoms with Gasteiger partial charge in [-0.3, -0.25) is 14.6 Å². The maximum atomic E-state index is 12.1. The Morgan fingerprint density at radius 1 is 1.53 bits per heavy atom. The largest absolute Gasteiger partial charge is 0.396 e. The van der Waals surface area contributed by atoms with Crippen LogP contribution in [0.4, 0.5) is 5.69 Å². The molecule has 2 amide bonds. The smallest absolute Gasteiger partial charge is 0.263 e. The summed E-state index contributed by atoms with van der Waals surface area (Å²) in [6, 6.07) is 3.31. The lowest BCUT2D eigenvalue weighted by molar-refractivity contribution is -0.118. The molecule has 2 aromatic rings. The zero-order valence-electron chi connectivity index (χ0n) is 10.3. The zero-order chi connectivity index (χ0) is 14.0. The Kier molecular flexibility index (Phi) is 3.66. The number of thiophene rings is 1. The van der Waals surface area contributed by atoms with Crippen molar-refractivity contribution >= 4 is 39.1 Å². The van der Waals surface area contributed by atoms with E-state index in [9.17, 15) is 9.59 Å². The van der Waals surface area contributed by atoms with Crippen LogP contribution < -0.4 is 16.8 Å². The van der Waals surface area contributed by atoms with Gasteiger partial charge in [-0.25, -0.2) is 0 Å². The number of nitrogen functional groups attached to an aromatic ring is 1. The fourth-order valence-corrected chi connectivity index (χ4v) is 2.74. The van der Waals surface area contributed by atoms with Crippen LogP contribution in [-0.4, -0.2) is 22.8 Å². The molecule has 2 heterocycles. The Bertz CT molecular complexity index is 638. The molecular formula is C12H14N4O2S. The van der Waals surface area contributed by atoms with Crippen LogP contribution in [0, 0.1) is 0 Å². The van der Waals surface area contributed by atoms with Crippen molar-refractivity contribution in [2.45, 2.75) is 19.4 Å². The third kappa shape index (κ3) is 2.82. The van der Waals surface area contributed by atoms with Gasteiger partial charge in [0.05, 0.1) is 10.4 Å². The number of hydrogen-bond donors (Lipinski definition) is 3. The van der Waals surface area contributed by atoms with E-state index in [0.717, 1.165) is 4.70 Å². The van der Waals surface area contributed by atoms with Gasteiger partial charge in [0.1, 0.15) is 10.4 Å². The Balaban J connectivity index is 2.22. The van der Waals surface area contributed by atoms with Crippen LogP contribution in [0.3, 0.4) is 0 Å². The Morgan fingerprint density at radius 3 is 2.89 bits per heavy atom. The fraction of sp³-hybridized carbons (Fsp3) is 0.250. The van der Waals surface area contributed by atoms with Crippen molar-refractivity contribution in [3.8, 4) is 0 Å². The summed E-state index contributed by atoms with van der Waals surface area (Å²) in [7, 11) is 0. The molecule has 0 radical (unpaired) electrons. The molecule has 0 spiro atoms. The standard InChI is InChI=1S/C12H14N4O2S/c1-6(5-8(13)17)16-12(18)11-9(14)10-7(19-11)3-2-4-15-10/h2-4,6H,5,14H2,1H3,(H2,13,17)(H,16,18). The number of nitrogens with zero attached hydrogens (tertiary/aromatic N) is 1. The van der Waals surface area contributed by atoms with Crippen LogP contribution in [0.2, 0.25) is 0 Å². The highest BCUT2D eigenvalue weighted by Gasteiger charge is 2.19. The molecule has 0 aliphatic heterocycles. The Hall–Kier alpha value is -2.15. The Morgan fingerprint density at radius 2 is 2.26 bits per heavy atom. The first-order valence-electron chi connectivity index (χ1n) is 5.71. The molecule has 0 aliphatic carbocycles. The van der Waals surface area contributed by atoms with E-state index in [2.05, 4.69) is 10.3 Å². The number of pyridine rings is 1. The molecule has 0 fully saturated rings. The topological polar surface area (TPSA) is 111 Å². The van der Waals surface area contributed by atoms with E-state index in [4.69, 9.17) is 11.5 Å². The number of nitrogens with one attached hydrogen (secondary N) is 1. The summed E-state index contributed by atoms with van der Waals surface area (Å²) < 4.78 is 0.854. The summed E-state index contributed by atoms with van der Waals surface area (Å²) in [4.78, 5) is 27.4. The first-order valence-corrected chi connectivity index (χ1v) is 6.53. The fourth-order valence-electron chi connectivity index (χ4n) is 1.76. The first kappa shape index (κ1) is 13.3. The highest BCUT2D eigenvalue weighted by atomic mass is 32.1. The molecular weight excluding hydrogens is 264 g/mol. The van der Waals surface area contributed by atoms with Crippen molar-refractivity contribution in [2.24, 2.45) is 5.73 Å². The van der Waals surface area contributed by atoms with E-state index in [0.29, 0.717) is 16.1 Å². The lowest BCUT2D eigenvalue weighted by Gasteiger charge is -2.11. The van der Waals surface area contributed by atoms with Crippen LogP contribution in [0.25, 0.3) is 10.2 Å². The van der Waals surface area contributed by atoms with Gasteiger partial charge < -0.3 is 16.8 Å². The highest BCUT2D eigenvalue weighted by Crippen LogP contribution is 2.31. The van der Waals surface area contributed by atoms with Crippen LogP contribution in [0.15, 0.2) is 18.3 Å². The normalized spacial score (nSPS) is 12.3. The van der Waals surface area contributed by atoms with Crippen molar-refractivity contribution in [1.29, 1.82) is 0 Å². The maximum Gasteiger partial charge on any atom is 0.263 e. The molecule has 0 aliphatic rings. The lowest BCUT2D eigenvalue weighted by Crippen LogP contribution is -2.35. The van der Waals surface area contributed by atoms with Gasteiger partial charge >= 0.3 is 0 Å². The van der Waals surface area contributed by atoms with E-state index in [1.54, 1.807) is 19.2 Å². The Labute approximate surface area is 113 Å². The number of primary amides is 1. The predicted molar refractivity (Wildman–Crippen MR) is 74.8 cm³/mol. The number of nitrogens with two attached hydrogens (primary N) is 2. The average Bonchev–Trinajstić information content (AvgIpc) is 2.66. The molecule has 100 valence electrons. The quantitative estimate of drug-likeness (QED) is 0.770. The molecule has 0 saturated carbocycles. The molecule has 5 N–H and O–H groups in total. The number of amides is 2. The van der Waals surface area contributed by atoms with Crippen molar-refractivity contribution in [3.05, 3.63) is 23.2 Å². The molecule has 0 aromatic carbocycles. The molecule has 6 nitrogen and oxygen atoms in total. The summed E-state index contributed by atoms with van der Waals surface area (Å²) in [5, 5.41) is 2.69. The van der Waals surface area contributed by atoms with Gasteiger partial charge in [-0.05, 0) is 19.1 Å². The van der Waals surface area contributed by atoms with Gasteiger partial charge in [-0.1, -0.05) is 0 Å². The number of fused-ring (bicyclic) bond motifs is 1. The molecule has 0 saturated heterocycles. The highest BCUT2D eigenvalue weighted by molar-refractivity contribution is 7.21. The summed E-state index contributed by atoms with van der Waals surface area (Å²) in [6.45, 7) is 1.71. The van der Waals surface area contributed by atoms with E-state index >= 15 is 0 Å². The van der Waals surface area contributed by atoms with Crippen LogP contribution >= 0.6 is 11.3 Å². The van der Waals surface area contributed by atoms with Gasteiger partial charge in [-0.15, -0.1) is 11.3 Å². The van der Waals surface area contributed by atoms with Gasteiger partial charge in [0, 0.05) is 18.7 Å². The molecule has 1 unspecified atom stereocenters. The van der Waals surface area contributed by atoms with Crippen molar-refractivity contribution in [3.63, 3.8) is 0 Å². The van der Waals surface area contributed by atoms with Crippen LogP contribution in [0.1, 0.15) is 23.0 Å². The average molecular weight is 278 g/mol. The first-order chi connectivity index (χ1) is 8.99. The van der Waals surface area contributed by atoms with E-state index in [-0.39, 0.29) is 18.4 Å². The zero-order valence-corrected chi connectivity index (χ0v) is 11.2. The van der Waals surface area contributed by atoms with Crippen LogP contribution in [-0.2, 0) is 4.79 Å². The van der Waals surface area contributed by atoms with Crippen molar-refractivity contribution < 1.29 is 9.59 Å². The molecule has 2 rings (SSSR count). The van der Waals surface area contributed by atoms with Crippen molar-refractivity contribution in [2.75, 3.05) is 5.73 Å². The summed E-state index contributed by atoms with van der Waals surface area (Å²) >= 11 is 1.28. The minimum atomic E-state index is -0.459. The molecule has 1 atom stereocenters. The predicted octanol–water partition coefficient (Wildman–Crippen LogP) is 0.872. The minimum Gasteiger partial charge on any atom is -0.396 e. The molecule has 7 heteroatoms. The maximum absolute atomic E-state index is 12.1. The lowest BCUT2D eigenvalue weighted by atomic mass is 10.2. The second-order valence-corrected chi connectivity index (χ2v) is 5.29.